The van der Waals surface area contributed by atoms with E-state index in [1.54, 1.807) is 0 Å². The van der Waals surface area contributed by atoms with E-state index in [-0.39, 0.29) is 6.73 Å². The van der Waals surface area contributed by atoms with Gasteiger partial charge in [0, 0.05) is 18.8 Å². The standard InChI is InChI=1S/C6H14N2O/c1-6(2)8-4-3-7-5-9/h7-9H,1,3-5H2,2H3. The summed E-state index contributed by atoms with van der Waals surface area (Å²) in [5.41, 5.74) is 0.953. The van der Waals surface area contributed by atoms with Crippen LogP contribution in [0.4, 0.5) is 0 Å². The Morgan fingerprint density at radius 2 is 2.22 bits per heavy atom. The quantitative estimate of drug-likeness (QED) is 0.352. The molecule has 9 heavy (non-hydrogen) atoms. The molecule has 0 unspecified atom stereocenters. The van der Waals surface area contributed by atoms with Crippen LogP contribution in [0.5, 0.6) is 0 Å². The molecule has 0 aromatic carbocycles. The molecule has 0 radical (unpaired) electrons. The third-order valence-electron chi connectivity index (χ3n) is 0.840. The van der Waals surface area contributed by atoms with E-state index in [1.807, 2.05) is 6.92 Å². The molecule has 0 saturated heterocycles. The lowest BCUT2D eigenvalue weighted by Gasteiger charge is -2.03. The molecule has 3 heteroatoms. The minimum absolute atomic E-state index is 0.0396. The average Bonchev–Trinajstić information content (AvgIpc) is 1.80. The van der Waals surface area contributed by atoms with E-state index in [0.29, 0.717) is 0 Å². The first-order valence-electron chi connectivity index (χ1n) is 2.98. The molecular formula is C6H14N2O. The van der Waals surface area contributed by atoms with Crippen LogP contribution < -0.4 is 10.6 Å². The highest BCUT2D eigenvalue weighted by atomic mass is 16.3. The Labute approximate surface area is 55.8 Å². The Morgan fingerprint density at radius 3 is 2.67 bits per heavy atom. The lowest BCUT2D eigenvalue weighted by Crippen LogP contribution is -2.26. The largest absolute Gasteiger partial charge is 0.388 e. The highest BCUT2D eigenvalue weighted by Crippen LogP contribution is 1.73. The van der Waals surface area contributed by atoms with E-state index in [4.69, 9.17) is 5.11 Å². The van der Waals surface area contributed by atoms with Gasteiger partial charge in [-0.1, -0.05) is 6.58 Å². The van der Waals surface area contributed by atoms with Crippen molar-refractivity contribution in [2.24, 2.45) is 0 Å². The summed E-state index contributed by atoms with van der Waals surface area (Å²) in [6, 6.07) is 0. The second-order valence-corrected chi connectivity index (χ2v) is 1.87. The molecule has 0 aliphatic heterocycles. The van der Waals surface area contributed by atoms with E-state index in [2.05, 4.69) is 17.2 Å². The summed E-state index contributed by atoms with van der Waals surface area (Å²) in [5, 5.41) is 14.0. The SMILES string of the molecule is C=C(C)NCCNCO. The minimum atomic E-state index is 0.0396. The van der Waals surface area contributed by atoms with Crippen molar-refractivity contribution in [3.05, 3.63) is 12.3 Å². The number of rotatable bonds is 5. The Morgan fingerprint density at radius 1 is 1.56 bits per heavy atom. The predicted molar refractivity (Wildman–Crippen MR) is 37.9 cm³/mol. The Balaban J connectivity index is 2.83. The number of allylic oxidation sites excluding steroid dienone is 1. The van der Waals surface area contributed by atoms with Crippen LogP contribution in [-0.2, 0) is 0 Å². The first-order valence-corrected chi connectivity index (χ1v) is 2.98. The fourth-order valence-corrected chi connectivity index (χ4v) is 0.443. The van der Waals surface area contributed by atoms with Gasteiger partial charge in [-0.25, -0.2) is 0 Å². The number of aliphatic hydroxyl groups is 1. The van der Waals surface area contributed by atoms with Crippen molar-refractivity contribution in [3.8, 4) is 0 Å². The van der Waals surface area contributed by atoms with Crippen LogP contribution in [0.3, 0.4) is 0 Å². The maximum atomic E-state index is 8.27. The van der Waals surface area contributed by atoms with Gasteiger partial charge in [-0.2, -0.15) is 0 Å². The van der Waals surface area contributed by atoms with Crippen LogP contribution in [0.1, 0.15) is 6.92 Å². The number of nitrogens with one attached hydrogen (secondary N) is 2. The Bertz CT molecular complexity index is 83.1. The fourth-order valence-electron chi connectivity index (χ4n) is 0.443. The van der Waals surface area contributed by atoms with Gasteiger partial charge in [-0.3, -0.25) is 5.32 Å². The second kappa shape index (κ2) is 5.59. The van der Waals surface area contributed by atoms with E-state index in [9.17, 15) is 0 Å². The molecular weight excluding hydrogens is 116 g/mol. The molecule has 0 saturated carbocycles. The summed E-state index contributed by atoms with van der Waals surface area (Å²) in [6.07, 6.45) is 0. The lowest BCUT2D eigenvalue weighted by molar-refractivity contribution is 0.262. The topological polar surface area (TPSA) is 44.3 Å². The minimum Gasteiger partial charge on any atom is -0.388 e. The van der Waals surface area contributed by atoms with Crippen molar-refractivity contribution >= 4 is 0 Å². The number of hydrogen-bond donors (Lipinski definition) is 3. The third kappa shape index (κ3) is 7.46. The van der Waals surface area contributed by atoms with Crippen molar-refractivity contribution in [2.45, 2.75) is 6.92 Å². The molecule has 0 atom stereocenters. The molecule has 0 aliphatic rings. The van der Waals surface area contributed by atoms with Gasteiger partial charge in [0.1, 0.15) is 0 Å². The molecule has 0 bridgehead atoms. The smallest absolute Gasteiger partial charge is 0.0932 e. The second-order valence-electron chi connectivity index (χ2n) is 1.87. The van der Waals surface area contributed by atoms with Crippen molar-refractivity contribution in [1.29, 1.82) is 0 Å². The van der Waals surface area contributed by atoms with Crippen LogP contribution in [0, 0.1) is 0 Å². The molecule has 3 N–H and O–H groups in total. The van der Waals surface area contributed by atoms with Crippen LogP contribution in [0.15, 0.2) is 12.3 Å². The highest BCUT2D eigenvalue weighted by Gasteiger charge is 1.82. The van der Waals surface area contributed by atoms with Crippen LogP contribution in [-0.4, -0.2) is 24.9 Å². The zero-order valence-corrected chi connectivity index (χ0v) is 5.78. The van der Waals surface area contributed by atoms with Gasteiger partial charge >= 0.3 is 0 Å². The monoisotopic (exact) mass is 130 g/mol. The number of hydrogen-bond acceptors (Lipinski definition) is 3. The van der Waals surface area contributed by atoms with E-state index >= 15 is 0 Å². The maximum absolute atomic E-state index is 8.27. The van der Waals surface area contributed by atoms with Crippen LogP contribution in [0.25, 0.3) is 0 Å². The molecule has 0 spiro atoms. The first-order chi connectivity index (χ1) is 4.27. The summed E-state index contributed by atoms with van der Waals surface area (Å²) in [5.74, 6) is 0. The van der Waals surface area contributed by atoms with Gasteiger partial charge < -0.3 is 10.4 Å². The lowest BCUT2D eigenvalue weighted by atomic mass is 10.5. The predicted octanol–water partition coefficient (Wildman–Crippen LogP) is -0.351. The zero-order chi connectivity index (χ0) is 7.11. The molecule has 0 rings (SSSR count). The highest BCUT2D eigenvalue weighted by molar-refractivity contribution is 4.83. The average molecular weight is 130 g/mol. The van der Waals surface area contributed by atoms with Gasteiger partial charge in [0.05, 0.1) is 6.73 Å². The Hall–Kier alpha value is -0.540. The molecule has 3 nitrogen and oxygen atoms in total. The fraction of sp³-hybridized carbons (Fsp3) is 0.667. The molecule has 0 aliphatic carbocycles. The van der Waals surface area contributed by atoms with Gasteiger partial charge in [-0.15, -0.1) is 0 Å². The molecule has 0 aromatic heterocycles. The van der Waals surface area contributed by atoms with Crippen LogP contribution >= 0.6 is 0 Å². The van der Waals surface area contributed by atoms with E-state index in [1.165, 1.54) is 0 Å². The molecule has 54 valence electrons. The molecule has 0 aromatic rings. The zero-order valence-electron chi connectivity index (χ0n) is 5.78. The molecule has 0 heterocycles. The van der Waals surface area contributed by atoms with Gasteiger partial charge in [0.25, 0.3) is 0 Å². The van der Waals surface area contributed by atoms with E-state index in [0.717, 1.165) is 18.8 Å². The van der Waals surface area contributed by atoms with Gasteiger partial charge in [-0.05, 0) is 6.92 Å². The molecule has 0 amide bonds. The van der Waals surface area contributed by atoms with E-state index < -0.39 is 0 Å². The van der Waals surface area contributed by atoms with Crippen LogP contribution in [0.2, 0.25) is 0 Å². The number of aliphatic hydroxyl groups excluding tert-OH is 1. The summed E-state index contributed by atoms with van der Waals surface area (Å²) in [6.45, 7) is 7.18. The maximum Gasteiger partial charge on any atom is 0.0932 e. The summed E-state index contributed by atoms with van der Waals surface area (Å²) < 4.78 is 0. The summed E-state index contributed by atoms with van der Waals surface area (Å²) >= 11 is 0. The summed E-state index contributed by atoms with van der Waals surface area (Å²) in [4.78, 5) is 0. The first kappa shape index (κ1) is 8.46. The summed E-state index contributed by atoms with van der Waals surface area (Å²) in [7, 11) is 0. The normalized spacial score (nSPS) is 9.11. The van der Waals surface area contributed by atoms with Crippen molar-refractivity contribution in [1.82, 2.24) is 10.6 Å². The van der Waals surface area contributed by atoms with Crippen molar-refractivity contribution in [2.75, 3.05) is 19.8 Å². The van der Waals surface area contributed by atoms with Crippen molar-refractivity contribution < 1.29 is 5.11 Å². The molecule has 0 fully saturated rings. The Kier molecular flexibility index (Phi) is 5.26. The van der Waals surface area contributed by atoms with Crippen molar-refractivity contribution in [3.63, 3.8) is 0 Å². The van der Waals surface area contributed by atoms with Gasteiger partial charge in [0.2, 0.25) is 0 Å². The van der Waals surface area contributed by atoms with Gasteiger partial charge in [0.15, 0.2) is 0 Å². The third-order valence-corrected chi connectivity index (χ3v) is 0.840.